The van der Waals surface area contributed by atoms with Crippen molar-refractivity contribution in [3.05, 3.63) is 23.8 Å². The van der Waals surface area contributed by atoms with Crippen LogP contribution >= 0.6 is 0 Å². The molecule has 2 heteroatoms. The highest BCUT2D eigenvalue weighted by Gasteiger charge is 2.39. The Kier molecular flexibility index (Phi) is 2.53. The first kappa shape index (κ1) is 10.9. The number of nitrogens with one attached hydrogen (secondary N) is 1. The minimum absolute atomic E-state index is 0.595. The van der Waals surface area contributed by atoms with E-state index in [9.17, 15) is 0 Å². The molecule has 17 heavy (non-hydrogen) atoms. The highest BCUT2D eigenvalue weighted by molar-refractivity contribution is 5.64. The molecule has 0 saturated carbocycles. The van der Waals surface area contributed by atoms with E-state index in [0.717, 1.165) is 6.54 Å². The highest BCUT2D eigenvalue weighted by Crippen LogP contribution is 2.40. The van der Waals surface area contributed by atoms with Crippen molar-refractivity contribution in [3.63, 3.8) is 0 Å². The summed E-state index contributed by atoms with van der Waals surface area (Å²) < 4.78 is 0. The third-order valence-corrected chi connectivity index (χ3v) is 4.72. The number of fused-ring (bicyclic) bond motifs is 1. The van der Waals surface area contributed by atoms with E-state index in [2.05, 4.69) is 42.3 Å². The van der Waals surface area contributed by atoms with Gasteiger partial charge in [-0.1, -0.05) is 13.8 Å². The maximum Gasteiger partial charge on any atom is 0.0375 e. The quantitative estimate of drug-likeness (QED) is 0.857. The lowest BCUT2D eigenvalue weighted by Crippen LogP contribution is -2.55. The number of nitrogens with zero attached hydrogens (tertiary/aromatic N) is 1. The van der Waals surface area contributed by atoms with Gasteiger partial charge < -0.3 is 10.2 Å². The third kappa shape index (κ3) is 1.70. The van der Waals surface area contributed by atoms with Gasteiger partial charge in [0.1, 0.15) is 0 Å². The Balaban J connectivity index is 1.75. The Labute approximate surface area is 104 Å². The molecule has 1 aromatic rings. The van der Waals surface area contributed by atoms with Gasteiger partial charge in [-0.25, -0.2) is 0 Å². The summed E-state index contributed by atoms with van der Waals surface area (Å²) in [7, 11) is 0. The molecule has 0 atom stereocenters. The van der Waals surface area contributed by atoms with Crippen LogP contribution in [0.5, 0.6) is 0 Å². The summed E-state index contributed by atoms with van der Waals surface area (Å²) in [5.41, 5.74) is 4.85. The van der Waals surface area contributed by atoms with Crippen molar-refractivity contribution >= 4 is 11.4 Å². The third-order valence-electron chi connectivity index (χ3n) is 4.72. The number of benzene rings is 1. The molecule has 2 aliphatic heterocycles. The van der Waals surface area contributed by atoms with Crippen LogP contribution in [0.1, 0.15) is 32.3 Å². The molecule has 1 saturated heterocycles. The van der Waals surface area contributed by atoms with Crippen LogP contribution in [0.15, 0.2) is 18.2 Å². The molecule has 0 spiro atoms. The summed E-state index contributed by atoms with van der Waals surface area (Å²) in [6.45, 7) is 8.24. The smallest absolute Gasteiger partial charge is 0.0375 e. The van der Waals surface area contributed by atoms with E-state index in [0.29, 0.717) is 5.41 Å². The molecule has 92 valence electrons. The Hall–Kier alpha value is -1.18. The Morgan fingerprint density at radius 3 is 2.71 bits per heavy atom. The van der Waals surface area contributed by atoms with Crippen LogP contribution < -0.4 is 10.2 Å². The first-order valence-corrected chi connectivity index (χ1v) is 6.88. The van der Waals surface area contributed by atoms with E-state index in [-0.39, 0.29) is 0 Å². The van der Waals surface area contributed by atoms with Gasteiger partial charge in [0.25, 0.3) is 0 Å². The van der Waals surface area contributed by atoms with Crippen molar-refractivity contribution in [2.45, 2.75) is 33.1 Å². The van der Waals surface area contributed by atoms with Gasteiger partial charge in [-0.3, -0.25) is 0 Å². The summed E-state index contributed by atoms with van der Waals surface area (Å²) in [6.07, 6.45) is 3.81. The zero-order chi connectivity index (χ0) is 11.9. The summed E-state index contributed by atoms with van der Waals surface area (Å²) in [5.74, 6) is 0. The molecular weight excluding hydrogens is 208 g/mol. The number of rotatable bonds is 3. The molecule has 0 aromatic heterocycles. The molecule has 1 fully saturated rings. The number of anilines is 2. The van der Waals surface area contributed by atoms with Gasteiger partial charge in [-0.05, 0) is 43.0 Å². The summed E-state index contributed by atoms with van der Waals surface area (Å²) >= 11 is 0. The van der Waals surface area contributed by atoms with E-state index >= 15 is 0 Å². The molecule has 3 rings (SSSR count). The molecule has 2 aliphatic rings. The summed E-state index contributed by atoms with van der Waals surface area (Å²) in [4.78, 5) is 2.53. The van der Waals surface area contributed by atoms with Crippen LogP contribution in [0.3, 0.4) is 0 Å². The van der Waals surface area contributed by atoms with Crippen molar-refractivity contribution in [3.8, 4) is 0 Å². The van der Waals surface area contributed by atoms with E-state index < -0.39 is 0 Å². The molecule has 0 amide bonds. The zero-order valence-corrected chi connectivity index (χ0v) is 10.9. The topological polar surface area (TPSA) is 15.3 Å². The molecule has 0 aliphatic carbocycles. The second kappa shape index (κ2) is 3.94. The van der Waals surface area contributed by atoms with Crippen molar-refractivity contribution in [2.75, 3.05) is 29.9 Å². The van der Waals surface area contributed by atoms with Crippen molar-refractivity contribution < 1.29 is 0 Å². The lowest BCUT2D eigenvalue weighted by molar-refractivity contribution is 0.194. The molecular formula is C15H22N2. The fourth-order valence-corrected chi connectivity index (χ4v) is 3.13. The van der Waals surface area contributed by atoms with E-state index in [1.54, 1.807) is 0 Å². The fourth-order valence-electron chi connectivity index (χ4n) is 3.13. The Morgan fingerprint density at radius 1 is 1.24 bits per heavy atom. The van der Waals surface area contributed by atoms with Crippen LogP contribution in [0, 0.1) is 5.41 Å². The van der Waals surface area contributed by atoms with Crippen LogP contribution in [-0.4, -0.2) is 19.6 Å². The molecule has 0 radical (unpaired) electrons. The van der Waals surface area contributed by atoms with Gasteiger partial charge in [0.2, 0.25) is 0 Å². The average molecular weight is 230 g/mol. The van der Waals surface area contributed by atoms with Gasteiger partial charge in [0.05, 0.1) is 0 Å². The zero-order valence-electron chi connectivity index (χ0n) is 10.9. The number of hydrogen-bond donors (Lipinski definition) is 1. The standard InChI is InChI=1S/C15H22N2/c1-3-15(4-2)10-17(11-15)13-5-6-14-12(9-13)7-8-16-14/h5-6,9,16H,3-4,7-8,10-11H2,1-2H3. The summed E-state index contributed by atoms with van der Waals surface area (Å²) in [6, 6.07) is 6.90. The normalized spacial score (nSPS) is 20.7. The van der Waals surface area contributed by atoms with Crippen LogP contribution in [0.25, 0.3) is 0 Å². The first-order valence-electron chi connectivity index (χ1n) is 6.88. The molecule has 2 nitrogen and oxygen atoms in total. The average Bonchev–Trinajstić information content (AvgIpc) is 2.76. The second-order valence-electron chi connectivity index (χ2n) is 5.58. The largest absolute Gasteiger partial charge is 0.384 e. The molecule has 0 unspecified atom stereocenters. The van der Waals surface area contributed by atoms with Gasteiger partial charge in [0.15, 0.2) is 0 Å². The van der Waals surface area contributed by atoms with Crippen LogP contribution in [-0.2, 0) is 6.42 Å². The SMILES string of the molecule is CCC1(CC)CN(c2ccc3c(c2)CCN3)C1. The lowest BCUT2D eigenvalue weighted by atomic mass is 9.75. The molecule has 2 heterocycles. The maximum absolute atomic E-state index is 3.42. The second-order valence-corrected chi connectivity index (χ2v) is 5.58. The molecule has 0 bridgehead atoms. The Bertz CT molecular complexity index is 413. The van der Waals surface area contributed by atoms with Gasteiger partial charge >= 0.3 is 0 Å². The van der Waals surface area contributed by atoms with Crippen molar-refractivity contribution in [1.82, 2.24) is 0 Å². The monoisotopic (exact) mass is 230 g/mol. The summed E-state index contributed by atoms with van der Waals surface area (Å²) in [5, 5.41) is 3.42. The maximum atomic E-state index is 3.42. The first-order chi connectivity index (χ1) is 8.26. The Morgan fingerprint density at radius 2 is 2.00 bits per heavy atom. The molecule has 1 N–H and O–H groups in total. The van der Waals surface area contributed by atoms with Crippen LogP contribution in [0.2, 0.25) is 0 Å². The lowest BCUT2D eigenvalue weighted by Gasteiger charge is -2.51. The predicted molar refractivity (Wildman–Crippen MR) is 73.9 cm³/mol. The van der Waals surface area contributed by atoms with E-state index in [1.807, 2.05) is 0 Å². The van der Waals surface area contributed by atoms with Crippen LogP contribution in [0.4, 0.5) is 11.4 Å². The number of hydrogen-bond acceptors (Lipinski definition) is 2. The highest BCUT2D eigenvalue weighted by atomic mass is 15.2. The molecule has 1 aromatic carbocycles. The fraction of sp³-hybridized carbons (Fsp3) is 0.600. The van der Waals surface area contributed by atoms with Crippen molar-refractivity contribution in [2.24, 2.45) is 5.41 Å². The van der Waals surface area contributed by atoms with E-state index in [4.69, 9.17) is 0 Å². The van der Waals surface area contributed by atoms with Gasteiger partial charge in [0, 0.05) is 36.4 Å². The van der Waals surface area contributed by atoms with Crippen molar-refractivity contribution in [1.29, 1.82) is 0 Å². The van der Waals surface area contributed by atoms with Gasteiger partial charge in [-0.15, -0.1) is 0 Å². The minimum atomic E-state index is 0.595. The van der Waals surface area contributed by atoms with Gasteiger partial charge in [-0.2, -0.15) is 0 Å². The minimum Gasteiger partial charge on any atom is -0.384 e. The van der Waals surface area contributed by atoms with E-state index in [1.165, 1.54) is 49.3 Å². The predicted octanol–water partition coefficient (Wildman–Crippen LogP) is 3.28.